The number of ketones is 8. The van der Waals surface area contributed by atoms with Crippen LogP contribution in [0.2, 0.25) is 0 Å². The smallest absolute Gasteiger partial charge is 0.163 e. The number of hydrogen-bond donors (Lipinski definition) is 4. The second kappa shape index (κ2) is 34.8. The van der Waals surface area contributed by atoms with E-state index in [1.807, 2.05) is 66.7 Å². The Balaban J connectivity index is 0.000000159. The molecule has 0 amide bonds. The monoisotopic (exact) mass is 1540 g/mol. The fraction of sp³-hybridized carbons (Fsp3) is 0.417. The van der Waals surface area contributed by atoms with Crippen LogP contribution in [0.1, 0.15) is 254 Å². The normalized spacial score (nSPS) is 15.2. The molecule has 8 aromatic carbocycles. The number of rotatable bonds is 18. The van der Waals surface area contributed by atoms with Gasteiger partial charge in [-0.15, -0.1) is 0 Å². The van der Waals surface area contributed by atoms with Crippen molar-refractivity contribution in [3.05, 3.63) is 175 Å². The van der Waals surface area contributed by atoms with E-state index in [1.54, 1.807) is 25.1 Å². The van der Waals surface area contributed by atoms with Crippen molar-refractivity contribution in [2.75, 3.05) is 47.3 Å². The van der Waals surface area contributed by atoms with Gasteiger partial charge in [-0.2, -0.15) is 0 Å². The van der Waals surface area contributed by atoms with E-state index in [-0.39, 0.29) is 94.9 Å². The number of carbonyl (C=O) groups is 8. The third-order valence-electron chi connectivity index (χ3n) is 23.9. The zero-order valence-corrected chi connectivity index (χ0v) is 64.4. The third-order valence-corrected chi connectivity index (χ3v) is 23.9. The van der Waals surface area contributed by atoms with E-state index in [1.165, 1.54) is 59.6 Å². The summed E-state index contributed by atoms with van der Waals surface area (Å²) < 4.78 is 9.16. The van der Waals surface area contributed by atoms with Gasteiger partial charge < -0.3 is 48.9 Å². The summed E-state index contributed by atoms with van der Waals surface area (Å²) in [6.07, 6.45) is 11.4. The number of likely N-dealkylation sites (tertiary alicyclic amines) is 1. The molecule has 114 heavy (non-hydrogen) atoms. The van der Waals surface area contributed by atoms with Gasteiger partial charge in [0.25, 0.3) is 0 Å². The van der Waals surface area contributed by atoms with Crippen molar-refractivity contribution in [2.24, 2.45) is 0 Å². The van der Waals surface area contributed by atoms with Crippen LogP contribution in [-0.4, -0.2) is 150 Å². The summed E-state index contributed by atoms with van der Waals surface area (Å²) in [4.78, 5) is 102. The van der Waals surface area contributed by atoms with Gasteiger partial charge in [0.05, 0.1) is 22.2 Å². The first-order chi connectivity index (χ1) is 52.4. The molecule has 5 heterocycles. The van der Waals surface area contributed by atoms with Gasteiger partial charge in [0.1, 0.15) is 11.5 Å². The summed E-state index contributed by atoms with van der Waals surface area (Å²) in [7, 11) is 6.39. The van der Waals surface area contributed by atoms with Crippen molar-refractivity contribution in [1.82, 2.24) is 38.7 Å². The van der Waals surface area contributed by atoms with Crippen LogP contribution in [0.3, 0.4) is 0 Å². The molecule has 0 radical (unpaired) electrons. The van der Waals surface area contributed by atoms with Crippen molar-refractivity contribution in [2.45, 2.75) is 220 Å². The fourth-order valence-corrected chi connectivity index (χ4v) is 18.6. The van der Waals surface area contributed by atoms with E-state index in [0.29, 0.717) is 61.4 Å². The maximum atomic E-state index is 12.3. The minimum atomic E-state index is -0.166. The molecule has 6 aliphatic rings. The third kappa shape index (κ3) is 15.5. The summed E-state index contributed by atoms with van der Waals surface area (Å²) in [6.45, 7) is 20.3. The van der Waals surface area contributed by atoms with Crippen LogP contribution in [0.25, 0.3) is 87.2 Å². The van der Waals surface area contributed by atoms with E-state index in [2.05, 4.69) is 106 Å². The highest BCUT2D eigenvalue weighted by atomic mass is 16.3. The predicted molar refractivity (Wildman–Crippen MR) is 468 cm³/mol. The number of aromatic nitrogens is 4. The number of benzene rings is 8. The van der Waals surface area contributed by atoms with E-state index >= 15 is 0 Å². The van der Waals surface area contributed by atoms with Gasteiger partial charge in [-0.25, -0.2) is 0 Å². The minimum Gasteiger partial charge on any atom is -0.507 e. The van der Waals surface area contributed by atoms with Crippen LogP contribution in [0.4, 0.5) is 0 Å². The van der Waals surface area contributed by atoms with Crippen LogP contribution < -0.4 is 10.6 Å². The first-order valence-electron chi connectivity index (χ1n) is 39.2. The molecule has 18 heteroatoms. The van der Waals surface area contributed by atoms with Crippen LogP contribution in [0.5, 0.6) is 11.5 Å². The molecule has 1 saturated heterocycles. The Labute approximate surface area is 671 Å². The highest BCUT2D eigenvalue weighted by Crippen LogP contribution is 2.45. The SMILES string of the molecule is C.C.C.C.C.CC(=O)c1cc2c3c4c(ccc3n(CCC3CCCN3C)c2cc1O)C(=O)CC4.CC(=O)c1cc2c3c4c(ccc3n(CCNC(C)C)c2cc1O)C(=O)CC4.CC(=O)c1ccc2c(c1)c1c3c(ccc1n2CCNC(C)C)C(=O)CC3.CN(C)CCCn1c2ccc3c(c2c2c4c(ccc21)C(=O)CC4)CCC3=O. The Morgan fingerprint density at radius 1 is 0.421 bits per heavy atom. The van der Waals surface area contributed by atoms with Gasteiger partial charge in [0, 0.05) is 211 Å². The van der Waals surface area contributed by atoms with Crippen molar-refractivity contribution in [1.29, 1.82) is 0 Å². The van der Waals surface area contributed by atoms with E-state index in [9.17, 15) is 48.6 Å². The molecule has 1 fully saturated rings. The topological polar surface area (TPSA) is 227 Å². The molecule has 4 N–H and O–H groups in total. The van der Waals surface area contributed by atoms with Gasteiger partial charge >= 0.3 is 0 Å². The van der Waals surface area contributed by atoms with Crippen LogP contribution in [0.15, 0.2) is 103 Å². The molecule has 1 aliphatic heterocycles. The fourth-order valence-electron chi connectivity index (χ4n) is 18.6. The highest BCUT2D eigenvalue weighted by molar-refractivity contribution is 6.22. The largest absolute Gasteiger partial charge is 0.507 e. The number of hydrogen-bond acceptors (Lipinski definition) is 14. The van der Waals surface area contributed by atoms with Crippen LogP contribution in [0, 0.1) is 0 Å². The molecule has 0 saturated carbocycles. The number of phenols is 2. The van der Waals surface area contributed by atoms with Gasteiger partial charge in [-0.05, 0) is 232 Å². The van der Waals surface area contributed by atoms with Gasteiger partial charge in [-0.1, -0.05) is 64.8 Å². The standard InChI is InChI=1S/C24H26N2O3.C23H24N2O2.C22H24N2O3.C22H24N2O2.5CH4/c1-14(27)18-12-19-21(13-23(18)29)26(11-9-15-4-3-10-25(15)2)20-7-5-16-17(24(19)20)6-8-22(16)28;1-24(2)12-3-13-25-18-8-4-14-16(6-10-20(14)26)22(18)23-17-7-11-21(27)15(17)5-9-19(23)25;1-12(2)23-8-9-24-18-6-4-14-15(5-7-20(14)26)22(18)17-10-16(13(3)25)21(27)11-19(17)24;1-13(2)23-10-11-24-19-7-4-15(14(3)25)12-18(19)22-17-6-9-21(26)16(17)5-8-20(22)24;;;;;/h5,7,12-13,15,29H,3-4,6,8-11H2,1-2H3;4-5,8-9H,3,6-7,10-13H2,1-2H3;4,6,10-12,23,27H,5,7-9H2,1-3H3;4-5,7-8,12-13,23H,6,9-11H2,1-3H3;5*1H4. The lowest BCUT2D eigenvalue weighted by atomic mass is 9.98. The predicted octanol–water partition coefficient (Wildman–Crippen LogP) is 19.5. The molecular weight excluding hydrogens is 1430 g/mol. The van der Waals surface area contributed by atoms with Crippen LogP contribution in [-0.2, 0) is 58.3 Å². The Bertz CT molecular complexity index is 5770. The van der Waals surface area contributed by atoms with Crippen molar-refractivity contribution < 1.29 is 48.6 Å². The Morgan fingerprint density at radius 3 is 1.10 bits per heavy atom. The number of nitrogens with one attached hydrogen (secondary N) is 2. The molecule has 18 rings (SSSR count). The number of aromatic hydroxyl groups is 2. The molecule has 0 bridgehead atoms. The summed E-state index contributed by atoms with van der Waals surface area (Å²) in [5.41, 5.74) is 20.0. The van der Waals surface area contributed by atoms with E-state index in [0.717, 1.165) is 213 Å². The second-order valence-corrected chi connectivity index (χ2v) is 31.8. The van der Waals surface area contributed by atoms with Crippen LogP contribution >= 0.6 is 0 Å². The molecule has 12 aromatic rings. The highest BCUT2D eigenvalue weighted by Gasteiger charge is 2.33. The second-order valence-electron chi connectivity index (χ2n) is 31.8. The number of Topliss-reactive ketones (excluding diaryl/α,β-unsaturated/α-hetero) is 8. The zero-order valence-electron chi connectivity index (χ0n) is 64.4. The lowest BCUT2D eigenvalue weighted by Gasteiger charge is -2.20. The maximum absolute atomic E-state index is 12.3. The quantitative estimate of drug-likeness (QED) is 0.0586. The zero-order chi connectivity index (χ0) is 76.7. The molecule has 602 valence electrons. The van der Waals surface area contributed by atoms with Crippen molar-refractivity contribution in [3.8, 4) is 11.5 Å². The summed E-state index contributed by atoms with van der Waals surface area (Å²) >= 11 is 0. The number of nitrogens with zero attached hydrogens (tertiary/aromatic N) is 6. The summed E-state index contributed by atoms with van der Waals surface area (Å²) in [5.74, 6) is 0.893. The minimum absolute atomic E-state index is 0. The average molecular weight is 1540 g/mol. The molecule has 0 spiro atoms. The molecule has 4 aromatic heterocycles. The first kappa shape index (κ1) is 86.2. The molecular formula is C96H118N8O10. The average Bonchev–Trinajstić information content (AvgIpc) is 1.35. The first-order valence-corrected chi connectivity index (χ1v) is 39.2. The van der Waals surface area contributed by atoms with E-state index in [4.69, 9.17) is 0 Å². The number of aryl methyl sites for hydroxylation is 7. The summed E-state index contributed by atoms with van der Waals surface area (Å²) in [5, 5.41) is 36.5. The Morgan fingerprint density at radius 2 is 0.754 bits per heavy atom. The number of carbonyl (C=O) groups excluding carboxylic acids is 8. The molecule has 5 aliphatic carbocycles. The molecule has 1 unspecified atom stereocenters. The lowest BCUT2D eigenvalue weighted by molar-refractivity contribution is 0.0986. The number of fused-ring (bicyclic) bond motifs is 22. The lowest BCUT2D eigenvalue weighted by Crippen LogP contribution is -2.26. The van der Waals surface area contributed by atoms with Crippen molar-refractivity contribution >= 4 is 133 Å². The maximum Gasteiger partial charge on any atom is 0.163 e. The van der Waals surface area contributed by atoms with Crippen molar-refractivity contribution in [3.63, 3.8) is 0 Å². The van der Waals surface area contributed by atoms with Gasteiger partial charge in [0.15, 0.2) is 46.3 Å². The summed E-state index contributed by atoms with van der Waals surface area (Å²) in [6, 6.07) is 34.6. The Kier molecular flexibility index (Phi) is 26.3. The Hall–Kier alpha value is -10.2. The van der Waals surface area contributed by atoms with Gasteiger partial charge in [-0.3, -0.25) is 38.4 Å². The molecule has 1 atom stereocenters. The number of phenolic OH excluding ortho intramolecular Hbond substituents is 2. The molecule has 18 nitrogen and oxygen atoms in total. The van der Waals surface area contributed by atoms with E-state index < -0.39 is 0 Å². The van der Waals surface area contributed by atoms with Gasteiger partial charge in [0.2, 0.25) is 0 Å².